The molecule has 3 rings (SSSR count). The van der Waals surface area contributed by atoms with Crippen molar-refractivity contribution in [2.24, 2.45) is 0 Å². The van der Waals surface area contributed by atoms with Crippen molar-refractivity contribution in [1.82, 2.24) is 9.19 Å². The summed E-state index contributed by atoms with van der Waals surface area (Å²) in [6, 6.07) is 8.53. The predicted octanol–water partition coefficient (Wildman–Crippen LogP) is 1.10. The van der Waals surface area contributed by atoms with E-state index in [-0.39, 0.29) is 14.7 Å². The van der Waals surface area contributed by atoms with E-state index in [1.807, 2.05) is 0 Å². The summed E-state index contributed by atoms with van der Waals surface area (Å²) >= 11 is 0.252. The van der Waals surface area contributed by atoms with E-state index in [1.165, 1.54) is 21.3 Å². The van der Waals surface area contributed by atoms with Crippen molar-refractivity contribution in [2.75, 3.05) is 0 Å². The van der Waals surface area contributed by atoms with Gasteiger partial charge in [-0.2, -0.15) is 0 Å². The Morgan fingerprint density at radius 1 is 1.25 bits per heavy atom. The van der Waals surface area contributed by atoms with Crippen LogP contribution in [0.4, 0.5) is 0 Å². The molecule has 1 aliphatic carbocycles. The monoisotopic (exact) mass is 222 g/mol. The van der Waals surface area contributed by atoms with E-state index in [2.05, 4.69) is 33.5 Å². The number of rotatable bonds is 0. The number of fused-ring (bicyclic) bond motifs is 3. The first-order chi connectivity index (χ1) is 5.95. The Morgan fingerprint density at radius 3 is 3.17 bits per heavy atom. The second kappa shape index (κ2) is 2.28. The van der Waals surface area contributed by atoms with Crippen LogP contribution in [0.1, 0.15) is 11.3 Å². The number of hydrogen-bond donors (Lipinski definition) is 0. The molecule has 0 saturated carbocycles. The Bertz CT molecular complexity index is 434. The summed E-state index contributed by atoms with van der Waals surface area (Å²) in [5.74, 6) is 0. The third-order valence-corrected chi connectivity index (χ3v) is 3.86. The van der Waals surface area contributed by atoms with Gasteiger partial charge in [-0.1, -0.05) is 0 Å². The van der Waals surface area contributed by atoms with E-state index in [4.69, 9.17) is 0 Å². The second-order valence-corrected chi connectivity index (χ2v) is 4.46. The molecule has 0 bridgehead atoms. The summed E-state index contributed by atoms with van der Waals surface area (Å²) in [6.07, 6.45) is 0.997. The Labute approximate surface area is 76.2 Å². The molecule has 0 atom stereocenters. The van der Waals surface area contributed by atoms with E-state index in [9.17, 15) is 0 Å². The van der Waals surface area contributed by atoms with E-state index in [1.54, 1.807) is 0 Å². The van der Waals surface area contributed by atoms with Crippen molar-refractivity contribution in [3.63, 3.8) is 0 Å². The van der Waals surface area contributed by atoms with Crippen molar-refractivity contribution in [3.8, 4) is 10.0 Å². The minimum atomic E-state index is 0.252. The molecule has 0 aliphatic heterocycles. The van der Waals surface area contributed by atoms with Crippen LogP contribution < -0.4 is 0 Å². The van der Waals surface area contributed by atoms with Crippen LogP contribution in [0, 0.1) is 0 Å². The van der Waals surface area contributed by atoms with Crippen molar-refractivity contribution in [1.29, 1.82) is 0 Å². The van der Waals surface area contributed by atoms with Gasteiger partial charge in [-0.25, -0.2) is 0 Å². The fourth-order valence-corrected chi connectivity index (χ4v) is 3.15. The molecular formula is C9H6N2Se. The molecule has 3 heteroatoms. The number of hydrogen-bond acceptors (Lipinski definition) is 2. The Kier molecular flexibility index (Phi) is 1.25. The zero-order valence-electron chi connectivity index (χ0n) is 6.32. The molecule has 1 aliphatic rings. The van der Waals surface area contributed by atoms with E-state index in [0.717, 1.165) is 6.42 Å². The molecule has 0 spiro atoms. The van der Waals surface area contributed by atoms with Crippen LogP contribution in [-0.4, -0.2) is 23.9 Å². The van der Waals surface area contributed by atoms with Gasteiger partial charge >= 0.3 is 75.9 Å². The van der Waals surface area contributed by atoms with Gasteiger partial charge in [0.15, 0.2) is 0 Å². The van der Waals surface area contributed by atoms with E-state index >= 15 is 0 Å². The van der Waals surface area contributed by atoms with Crippen LogP contribution in [0.2, 0.25) is 0 Å². The third kappa shape index (κ3) is 0.752. The topological polar surface area (TPSA) is 25.8 Å². The van der Waals surface area contributed by atoms with Gasteiger partial charge in [0.1, 0.15) is 0 Å². The molecule has 58 valence electrons. The SMILES string of the molecule is c1ccc2c(c1)Cc1nn[se]c1-2. The maximum atomic E-state index is 4.14. The molecule has 0 N–H and O–H groups in total. The molecule has 1 heterocycles. The zero-order valence-corrected chi connectivity index (χ0v) is 8.03. The van der Waals surface area contributed by atoms with Crippen LogP contribution in [0.25, 0.3) is 10.0 Å². The molecule has 1 aromatic heterocycles. The van der Waals surface area contributed by atoms with Crippen molar-refractivity contribution >= 4 is 14.7 Å². The third-order valence-electron chi connectivity index (χ3n) is 2.18. The summed E-state index contributed by atoms with van der Waals surface area (Å²) in [6.45, 7) is 0. The minimum absolute atomic E-state index is 0.252. The number of benzene rings is 1. The molecule has 2 nitrogen and oxygen atoms in total. The molecule has 12 heavy (non-hydrogen) atoms. The van der Waals surface area contributed by atoms with Gasteiger partial charge in [0.05, 0.1) is 0 Å². The normalized spacial score (nSPS) is 12.7. The van der Waals surface area contributed by atoms with Gasteiger partial charge in [-0.15, -0.1) is 0 Å². The molecule has 0 saturated heterocycles. The first-order valence-corrected chi connectivity index (χ1v) is 5.47. The summed E-state index contributed by atoms with van der Waals surface area (Å²) in [4.78, 5) is 0. The van der Waals surface area contributed by atoms with Crippen molar-refractivity contribution in [2.45, 2.75) is 6.42 Å². The maximum absolute atomic E-state index is 4.14. The Morgan fingerprint density at radius 2 is 2.17 bits per heavy atom. The molecule has 1 aromatic carbocycles. The first-order valence-electron chi connectivity index (χ1n) is 3.84. The van der Waals surface area contributed by atoms with Crippen molar-refractivity contribution < 1.29 is 0 Å². The Hall–Kier alpha value is -0.921. The molecule has 0 unspecified atom stereocenters. The van der Waals surface area contributed by atoms with Crippen LogP contribution in [0.3, 0.4) is 0 Å². The van der Waals surface area contributed by atoms with Gasteiger partial charge < -0.3 is 0 Å². The molecule has 0 amide bonds. The standard InChI is InChI=1S/C9H6N2Se/c1-2-4-7-6(3-1)5-8-9(7)12-11-10-8/h1-4H,5H2. The van der Waals surface area contributed by atoms with Gasteiger partial charge in [0.25, 0.3) is 0 Å². The average Bonchev–Trinajstić information content (AvgIpc) is 2.62. The fourth-order valence-electron chi connectivity index (χ4n) is 1.61. The Balaban J connectivity index is 2.34. The van der Waals surface area contributed by atoms with Crippen molar-refractivity contribution in [3.05, 3.63) is 35.5 Å². The average molecular weight is 221 g/mol. The second-order valence-electron chi connectivity index (χ2n) is 2.88. The van der Waals surface area contributed by atoms with Gasteiger partial charge in [-0.3, -0.25) is 0 Å². The van der Waals surface area contributed by atoms with Gasteiger partial charge in [-0.05, 0) is 0 Å². The fraction of sp³-hybridized carbons (Fsp3) is 0.111. The van der Waals surface area contributed by atoms with Gasteiger partial charge in [0.2, 0.25) is 0 Å². The first kappa shape index (κ1) is 6.58. The quantitative estimate of drug-likeness (QED) is 0.531. The van der Waals surface area contributed by atoms with Crippen LogP contribution in [0.5, 0.6) is 0 Å². The van der Waals surface area contributed by atoms with Crippen LogP contribution in [0.15, 0.2) is 24.3 Å². The van der Waals surface area contributed by atoms with Crippen LogP contribution in [-0.2, 0) is 6.42 Å². The number of aromatic nitrogens is 2. The van der Waals surface area contributed by atoms with E-state index in [0.29, 0.717) is 0 Å². The molecular weight excluding hydrogens is 215 g/mol. The summed E-state index contributed by atoms with van der Waals surface area (Å²) in [7, 11) is 0. The van der Waals surface area contributed by atoms with Gasteiger partial charge in [0, 0.05) is 0 Å². The zero-order chi connectivity index (χ0) is 7.97. The van der Waals surface area contributed by atoms with Crippen LogP contribution >= 0.6 is 0 Å². The molecule has 0 fully saturated rings. The summed E-state index contributed by atoms with van der Waals surface area (Å²) in [5.41, 5.74) is 4.01. The summed E-state index contributed by atoms with van der Waals surface area (Å²) in [5, 5.41) is 4.14. The molecule has 2 aromatic rings. The predicted molar refractivity (Wildman–Crippen MR) is 47.2 cm³/mol. The summed E-state index contributed by atoms with van der Waals surface area (Å²) < 4.78 is 5.48. The molecule has 0 radical (unpaired) electrons. The van der Waals surface area contributed by atoms with E-state index < -0.39 is 0 Å². The number of nitrogens with zero attached hydrogens (tertiary/aromatic N) is 2.